The Kier molecular flexibility index (Phi) is 4.72. The maximum Gasteiger partial charge on any atom is 0.152 e. The second-order valence-electron chi connectivity index (χ2n) is 4.70. The van der Waals surface area contributed by atoms with Crippen molar-refractivity contribution in [2.75, 3.05) is 0 Å². The molecule has 0 N–H and O–H groups in total. The van der Waals surface area contributed by atoms with Gasteiger partial charge in [-0.05, 0) is 43.2 Å². The largest absolute Gasteiger partial charge is 0.488 e. The fourth-order valence-corrected chi connectivity index (χ4v) is 1.88. The molecule has 0 heterocycles. The Labute approximate surface area is 119 Å². The number of hydrogen-bond donors (Lipinski definition) is 0. The molecule has 0 aliphatic heterocycles. The lowest BCUT2D eigenvalue weighted by Crippen LogP contribution is -1.98. The van der Waals surface area contributed by atoms with E-state index in [-0.39, 0.29) is 5.78 Å². The minimum Gasteiger partial charge on any atom is -0.488 e. The molecule has 102 valence electrons. The van der Waals surface area contributed by atoms with Crippen molar-refractivity contribution in [2.24, 2.45) is 0 Å². The molecule has 0 fully saturated rings. The Balaban J connectivity index is 2.14. The van der Waals surface area contributed by atoms with Gasteiger partial charge in [-0.15, -0.1) is 0 Å². The van der Waals surface area contributed by atoms with Crippen LogP contribution in [-0.4, -0.2) is 5.78 Å². The Morgan fingerprint density at radius 3 is 2.55 bits per heavy atom. The van der Waals surface area contributed by atoms with Crippen LogP contribution in [0.5, 0.6) is 5.75 Å². The van der Waals surface area contributed by atoms with Gasteiger partial charge in [0.15, 0.2) is 5.78 Å². The van der Waals surface area contributed by atoms with Crippen LogP contribution in [0.3, 0.4) is 0 Å². The lowest BCUT2D eigenvalue weighted by Gasteiger charge is -2.10. The number of allylic oxidation sites excluding steroid dienone is 1. The fraction of sp³-hybridized carbons (Fsp3) is 0.167. The van der Waals surface area contributed by atoms with E-state index in [1.807, 2.05) is 36.4 Å². The molecule has 0 atom stereocenters. The van der Waals surface area contributed by atoms with Crippen molar-refractivity contribution in [3.8, 4) is 5.75 Å². The second kappa shape index (κ2) is 6.71. The number of ketones is 1. The Morgan fingerprint density at radius 2 is 1.80 bits per heavy atom. The van der Waals surface area contributed by atoms with Crippen molar-refractivity contribution in [1.82, 2.24) is 0 Å². The highest BCUT2D eigenvalue weighted by molar-refractivity contribution is 5.91. The van der Waals surface area contributed by atoms with Gasteiger partial charge >= 0.3 is 0 Å². The van der Waals surface area contributed by atoms with Crippen molar-refractivity contribution < 1.29 is 9.53 Å². The van der Waals surface area contributed by atoms with Gasteiger partial charge in [0, 0.05) is 5.56 Å². The summed E-state index contributed by atoms with van der Waals surface area (Å²) < 4.78 is 5.87. The molecule has 0 amide bonds. The topological polar surface area (TPSA) is 26.3 Å². The zero-order chi connectivity index (χ0) is 14.4. The number of carbonyl (C=O) groups excluding carboxylic acids is 1. The van der Waals surface area contributed by atoms with Crippen LogP contribution in [0.1, 0.15) is 23.6 Å². The zero-order valence-electron chi connectivity index (χ0n) is 11.8. The van der Waals surface area contributed by atoms with Crippen molar-refractivity contribution in [3.63, 3.8) is 0 Å². The minimum atomic E-state index is 0.0266. The van der Waals surface area contributed by atoms with E-state index in [4.69, 9.17) is 4.74 Å². The normalized spacial score (nSPS) is 10.7. The van der Waals surface area contributed by atoms with Crippen LogP contribution in [0.25, 0.3) is 6.08 Å². The lowest BCUT2D eigenvalue weighted by molar-refractivity contribution is -0.112. The van der Waals surface area contributed by atoms with Gasteiger partial charge in [0.1, 0.15) is 12.4 Å². The molecule has 2 aromatic rings. The Hall–Kier alpha value is -2.35. The van der Waals surface area contributed by atoms with Gasteiger partial charge in [-0.3, -0.25) is 4.79 Å². The summed E-state index contributed by atoms with van der Waals surface area (Å²) in [5.74, 6) is 0.812. The van der Waals surface area contributed by atoms with E-state index in [1.54, 1.807) is 12.2 Å². The molecule has 0 aliphatic rings. The summed E-state index contributed by atoms with van der Waals surface area (Å²) in [7, 11) is 0. The van der Waals surface area contributed by atoms with Gasteiger partial charge < -0.3 is 4.74 Å². The van der Waals surface area contributed by atoms with E-state index in [2.05, 4.69) is 19.1 Å². The van der Waals surface area contributed by atoms with Crippen LogP contribution in [0.4, 0.5) is 0 Å². The third kappa shape index (κ3) is 3.82. The van der Waals surface area contributed by atoms with Crippen LogP contribution in [0, 0.1) is 6.92 Å². The number of hydrogen-bond acceptors (Lipinski definition) is 2. The number of ether oxygens (including phenoxy) is 1. The van der Waals surface area contributed by atoms with Crippen LogP contribution < -0.4 is 4.74 Å². The quantitative estimate of drug-likeness (QED) is 0.759. The molecule has 0 radical (unpaired) electrons. The maximum atomic E-state index is 11.0. The van der Waals surface area contributed by atoms with Gasteiger partial charge in [-0.2, -0.15) is 0 Å². The average Bonchev–Trinajstić information content (AvgIpc) is 2.45. The highest BCUT2D eigenvalue weighted by Crippen LogP contribution is 2.21. The summed E-state index contributed by atoms with van der Waals surface area (Å²) in [4.78, 5) is 11.0. The third-order valence-corrected chi connectivity index (χ3v) is 3.06. The molecule has 0 bridgehead atoms. The first-order chi connectivity index (χ1) is 9.66. The molecule has 20 heavy (non-hydrogen) atoms. The van der Waals surface area contributed by atoms with E-state index in [0.717, 1.165) is 16.9 Å². The summed E-state index contributed by atoms with van der Waals surface area (Å²) in [6, 6.07) is 15.9. The highest BCUT2D eigenvalue weighted by Gasteiger charge is 2.02. The zero-order valence-corrected chi connectivity index (χ0v) is 11.8. The molecule has 2 aromatic carbocycles. The van der Waals surface area contributed by atoms with E-state index in [9.17, 15) is 4.79 Å². The number of para-hydroxylation sites is 1. The summed E-state index contributed by atoms with van der Waals surface area (Å²) >= 11 is 0. The number of rotatable bonds is 5. The van der Waals surface area contributed by atoms with Crippen molar-refractivity contribution in [2.45, 2.75) is 20.5 Å². The monoisotopic (exact) mass is 266 g/mol. The highest BCUT2D eigenvalue weighted by atomic mass is 16.5. The molecule has 0 spiro atoms. The van der Waals surface area contributed by atoms with Gasteiger partial charge in [-0.1, -0.05) is 42.5 Å². The van der Waals surface area contributed by atoms with E-state index in [1.165, 1.54) is 12.5 Å². The molecule has 0 aromatic heterocycles. The maximum absolute atomic E-state index is 11.0. The Morgan fingerprint density at radius 1 is 1.10 bits per heavy atom. The third-order valence-electron chi connectivity index (χ3n) is 3.06. The van der Waals surface area contributed by atoms with Gasteiger partial charge in [-0.25, -0.2) is 0 Å². The van der Waals surface area contributed by atoms with Crippen molar-refractivity contribution in [1.29, 1.82) is 0 Å². The van der Waals surface area contributed by atoms with E-state index >= 15 is 0 Å². The first-order valence-corrected chi connectivity index (χ1v) is 6.62. The summed E-state index contributed by atoms with van der Waals surface area (Å²) in [6.07, 6.45) is 3.34. The molecule has 0 saturated carbocycles. The molecular formula is C18H18O2. The Bertz CT molecular complexity index is 627. The van der Waals surface area contributed by atoms with Crippen LogP contribution in [0.2, 0.25) is 0 Å². The fourth-order valence-electron chi connectivity index (χ4n) is 1.88. The molecule has 0 unspecified atom stereocenters. The van der Waals surface area contributed by atoms with Gasteiger partial charge in [0.05, 0.1) is 0 Å². The summed E-state index contributed by atoms with van der Waals surface area (Å²) in [5, 5.41) is 0. The molecular weight excluding hydrogens is 248 g/mol. The van der Waals surface area contributed by atoms with Crippen LogP contribution in [-0.2, 0) is 11.4 Å². The SMILES string of the molecule is CC(=O)/C=C/c1ccccc1OCc1ccccc1C. The smallest absolute Gasteiger partial charge is 0.152 e. The van der Waals surface area contributed by atoms with Crippen molar-refractivity contribution in [3.05, 3.63) is 71.3 Å². The standard InChI is InChI=1S/C18H18O2/c1-14-7-3-4-9-17(14)13-20-18-10-6-5-8-16(18)12-11-15(2)19/h3-12H,13H2,1-2H3/b12-11+. The van der Waals surface area contributed by atoms with Gasteiger partial charge in [0.2, 0.25) is 0 Å². The molecule has 0 aliphatic carbocycles. The summed E-state index contributed by atoms with van der Waals surface area (Å²) in [5.41, 5.74) is 3.29. The first kappa shape index (κ1) is 14.1. The second-order valence-corrected chi connectivity index (χ2v) is 4.70. The predicted octanol–water partition coefficient (Wildman–Crippen LogP) is 4.18. The molecule has 2 nitrogen and oxygen atoms in total. The molecule has 0 saturated heterocycles. The van der Waals surface area contributed by atoms with Crippen LogP contribution in [0.15, 0.2) is 54.6 Å². The average molecular weight is 266 g/mol. The number of carbonyl (C=O) groups is 1. The van der Waals surface area contributed by atoms with E-state index in [0.29, 0.717) is 6.61 Å². The number of benzene rings is 2. The van der Waals surface area contributed by atoms with Crippen LogP contribution >= 0.6 is 0 Å². The number of aryl methyl sites for hydroxylation is 1. The summed E-state index contributed by atoms with van der Waals surface area (Å²) in [6.45, 7) is 4.13. The molecule has 2 heteroatoms. The first-order valence-electron chi connectivity index (χ1n) is 6.62. The predicted molar refractivity (Wildman–Crippen MR) is 81.7 cm³/mol. The molecule has 2 rings (SSSR count). The van der Waals surface area contributed by atoms with E-state index < -0.39 is 0 Å². The van der Waals surface area contributed by atoms with Crippen molar-refractivity contribution >= 4 is 11.9 Å². The minimum absolute atomic E-state index is 0.0266. The lowest BCUT2D eigenvalue weighted by atomic mass is 10.1. The van der Waals surface area contributed by atoms with Gasteiger partial charge in [0.25, 0.3) is 0 Å².